The standard InChI is InChI=1S/C54H83N3O16P2/c1-3-5-6-7-8-9-10-11-12-13-14-15-16-20-23-26-29-32-35-38-49(59)68-42-46(71-50(60)39-36-33-30-27-24-21-18-17-19-22-25-28-31-34-37-45(58)4-2)43-69-74(64,65)73-75(66,67)70-44-47-51(61)52(62)53(72-47)57-41-40-48(55)56-54(57)63/h5-6,8-9,11-12,14-15,18-23,27-28,30-31,40-41,45-47,51-53,58,61-62H,3-4,7,10,13,16-17,24-26,29,32-39,42-44H2,1-2H3,(H,64,65)(H,66,67)(H2,55,56,63)/b6-5-,9-8-,12-11-,15-14-,21-18-,22-19-,23-20-,30-27-,31-28-/t45-,46-,47-,51-,52-,53-/m1/s1. The number of nitrogens with zero attached hydrogens (tertiary/aromatic N) is 2. The van der Waals surface area contributed by atoms with E-state index in [0.29, 0.717) is 25.7 Å². The van der Waals surface area contributed by atoms with Gasteiger partial charge in [-0.25, -0.2) is 13.9 Å². The molecule has 0 radical (unpaired) electrons. The summed E-state index contributed by atoms with van der Waals surface area (Å²) in [7, 11) is -10.9. The Balaban J connectivity index is 1.84. The monoisotopic (exact) mass is 1090 g/mol. The summed E-state index contributed by atoms with van der Waals surface area (Å²) in [6.45, 7) is 1.66. The van der Waals surface area contributed by atoms with Crippen LogP contribution in [0.4, 0.5) is 5.82 Å². The number of carbonyl (C=O) groups excluding carboxylic acids is 2. The Labute approximate surface area is 443 Å². The number of phosphoric acid groups is 2. The number of esters is 2. The van der Waals surface area contributed by atoms with Gasteiger partial charge in [0, 0.05) is 19.0 Å². The Bertz CT molecular complexity index is 2200. The smallest absolute Gasteiger partial charge is 0.462 e. The molecule has 1 aliphatic heterocycles. The van der Waals surface area contributed by atoms with Gasteiger partial charge in [-0.05, 0) is 109 Å². The number of aliphatic hydroxyl groups is 3. The van der Waals surface area contributed by atoms with Gasteiger partial charge in [0.1, 0.15) is 30.7 Å². The van der Waals surface area contributed by atoms with E-state index in [4.69, 9.17) is 29.0 Å². The van der Waals surface area contributed by atoms with Crippen LogP contribution in [-0.4, -0.2) is 96.9 Å². The lowest BCUT2D eigenvalue weighted by molar-refractivity contribution is -0.161. The SMILES string of the molecule is CC/C=C\C/C=C\C/C=C\C/C=C\C/C=C\CCCCCC(=O)OC[C@H](COP(=O)(O)OP(=O)(O)OC[C@H]1O[C@@H](n2ccc(N)nc2=O)[C@H](O)[C@@H]1O)OC(=O)CCC/C=C\C/C=C\C/C=C\C/C=C\CC[C@H](O)CC. The number of phosphoric ester groups is 2. The minimum atomic E-state index is -5.46. The number of carbonyl (C=O) groups is 2. The molecule has 1 aromatic rings. The van der Waals surface area contributed by atoms with Crippen LogP contribution in [0.1, 0.15) is 142 Å². The lowest BCUT2D eigenvalue weighted by atomic mass is 10.1. The summed E-state index contributed by atoms with van der Waals surface area (Å²) in [6, 6.07) is 1.24. The van der Waals surface area contributed by atoms with Crippen molar-refractivity contribution < 1.29 is 71.4 Å². The minimum absolute atomic E-state index is 0.0535. The molecule has 420 valence electrons. The van der Waals surface area contributed by atoms with Crippen LogP contribution in [0, 0.1) is 0 Å². The molecule has 2 unspecified atom stereocenters. The van der Waals surface area contributed by atoms with E-state index in [1.54, 1.807) is 0 Å². The van der Waals surface area contributed by atoms with E-state index in [-0.39, 0.29) is 24.8 Å². The highest BCUT2D eigenvalue weighted by molar-refractivity contribution is 7.61. The fourth-order valence-corrected chi connectivity index (χ4v) is 8.95. The number of aliphatic hydroxyl groups excluding tert-OH is 3. The predicted molar refractivity (Wildman–Crippen MR) is 290 cm³/mol. The zero-order valence-electron chi connectivity index (χ0n) is 43.7. The molecule has 19 nitrogen and oxygen atoms in total. The first-order valence-corrected chi connectivity index (χ1v) is 29.0. The first-order chi connectivity index (χ1) is 36.1. The number of nitrogens with two attached hydrogens (primary N) is 1. The number of nitrogen functional groups attached to an aromatic ring is 1. The largest absolute Gasteiger partial charge is 0.481 e. The third-order valence-electron chi connectivity index (χ3n) is 11.0. The molecule has 2 heterocycles. The van der Waals surface area contributed by atoms with Crippen LogP contribution in [0.2, 0.25) is 0 Å². The Kier molecular flexibility index (Phi) is 36.0. The molecule has 7 N–H and O–H groups in total. The number of hydrogen-bond donors (Lipinski definition) is 6. The molecular formula is C54H83N3O16P2. The van der Waals surface area contributed by atoms with E-state index < -0.39 is 83.7 Å². The average molecular weight is 1090 g/mol. The highest BCUT2D eigenvalue weighted by Gasteiger charge is 2.46. The van der Waals surface area contributed by atoms with Crippen LogP contribution in [0.3, 0.4) is 0 Å². The number of aromatic nitrogens is 2. The summed E-state index contributed by atoms with van der Waals surface area (Å²) in [5, 5.41) is 30.5. The molecule has 8 atom stereocenters. The number of ether oxygens (including phenoxy) is 3. The molecule has 0 spiro atoms. The molecule has 0 aliphatic carbocycles. The van der Waals surface area contributed by atoms with Crippen molar-refractivity contribution in [2.75, 3.05) is 25.6 Å². The van der Waals surface area contributed by atoms with Gasteiger partial charge in [-0.1, -0.05) is 130 Å². The number of rotatable bonds is 41. The quantitative estimate of drug-likeness (QED) is 0.0154. The maximum atomic E-state index is 12.9. The second-order valence-electron chi connectivity index (χ2n) is 17.4. The second kappa shape index (κ2) is 40.6. The zero-order chi connectivity index (χ0) is 55.0. The van der Waals surface area contributed by atoms with E-state index in [1.165, 1.54) is 6.07 Å². The zero-order valence-corrected chi connectivity index (χ0v) is 45.4. The molecule has 0 bridgehead atoms. The van der Waals surface area contributed by atoms with Crippen molar-refractivity contribution in [1.29, 1.82) is 0 Å². The van der Waals surface area contributed by atoms with Crippen LogP contribution < -0.4 is 11.4 Å². The van der Waals surface area contributed by atoms with Crippen molar-refractivity contribution in [2.24, 2.45) is 0 Å². The van der Waals surface area contributed by atoms with Crippen molar-refractivity contribution in [2.45, 2.75) is 173 Å². The Morgan fingerprint density at radius 1 is 0.693 bits per heavy atom. The molecule has 0 aromatic carbocycles. The van der Waals surface area contributed by atoms with E-state index >= 15 is 0 Å². The van der Waals surface area contributed by atoms with Gasteiger partial charge in [0.05, 0.1) is 19.3 Å². The highest BCUT2D eigenvalue weighted by atomic mass is 31.3. The Morgan fingerprint density at radius 2 is 1.20 bits per heavy atom. The van der Waals surface area contributed by atoms with Gasteiger partial charge >= 0.3 is 33.3 Å². The molecular weight excluding hydrogens is 1010 g/mol. The van der Waals surface area contributed by atoms with Gasteiger partial charge in [-0.3, -0.25) is 23.2 Å². The molecule has 21 heteroatoms. The summed E-state index contributed by atoms with van der Waals surface area (Å²) in [6.07, 6.45) is 44.0. The molecule has 1 aliphatic rings. The summed E-state index contributed by atoms with van der Waals surface area (Å²) >= 11 is 0. The minimum Gasteiger partial charge on any atom is -0.462 e. The number of hydrogen-bond acceptors (Lipinski definition) is 16. The number of unbranched alkanes of at least 4 members (excludes halogenated alkanes) is 4. The van der Waals surface area contributed by atoms with Crippen LogP contribution in [0.25, 0.3) is 0 Å². The van der Waals surface area contributed by atoms with Crippen LogP contribution in [0.5, 0.6) is 0 Å². The summed E-state index contributed by atoms with van der Waals surface area (Å²) in [4.78, 5) is 61.9. The highest BCUT2D eigenvalue weighted by Crippen LogP contribution is 2.60. The van der Waals surface area contributed by atoms with Crippen molar-refractivity contribution in [3.8, 4) is 0 Å². The normalized spacial score (nSPS) is 20.1. The summed E-state index contributed by atoms with van der Waals surface area (Å²) in [5.41, 5.74) is 4.58. The number of anilines is 1. The Morgan fingerprint density at radius 3 is 1.75 bits per heavy atom. The fraction of sp³-hybridized carbons (Fsp3) is 0.556. The van der Waals surface area contributed by atoms with E-state index in [2.05, 4.69) is 107 Å². The Hall–Kier alpha value is -4.62. The molecule has 0 saturated carbocycles. The lowest BCUT2D eigenvalue weighted by Gasteiger charge is -2.21. The van der Waals surface area contributed by atoms with Crippen molar-refractivity contribution in [1.82, 2.24) is 9.55 Å². The van der Waals surface area contributed by atoms with Crippen molar-refractivity contribution in [3.63, 3.8) is 0 Å². The van der Waals surface area contributed by atoms with Gasteiger partial charge in [0.15, 0.2) is 12.3 Å². The van der Waals surface area contributed by atoms with Crippen LogP contribution in [-0.2, 0) is 46.3 Å². The third kappa shape index (κ3) is 33.2. The molecule has 1 fully saturated rings. The topological polar surface area (TPSA) is 286 Å². The van der Waals surface area contributed by atoms with E-state index in [1.807, 2.05) is 25.2 Å². The molecule has 75 heavy (non-hydrogen) atoms. The van der Waals surface area contributed by atoms with Gasteiger partial charge in [0.25, 0.3) is 0 Å². The van der Waals surface area contributed by atoms with Gasteiger partial charge in [-0.2, -0.15) is 9.29 Å². The lowest BCUT2D eigenvalue weighted by Crippen LogP contribution is -2.36. The fourth-order valence-electron chi connectivity index (χ4n) is 6.84. The average Bonchev–Trinajstić information content (AvgIpc) is 3.65. The first-order valence-electron chi connectivity index (χ1n) is 26.0. The van der Waals surface area contributed by atoms with Gasteiger partial charge in [0.2, 0.25) is 0 Å². The van der Waals surface area contributed by atoms with E-state index in [0.717, 1.165) is 94.2 Å². The number of allylic oxidation sites excluding steroid dienone is 18. The second-order valence-corrected chi connectivity index (χ2v) is 20.5. The maximum absolute atomic E-state index is 12.9. The molecule has 1 saturated heterocycles. The van der Waals surface area contributed by atoms with Crippen LogP contribution >= 0.6 is 15.6 Å². The molecule has 0 amide bonds. The van der Waals surface area contributed by atoms with Crippen molar-refractivity contribution >= 4 is 33.4 Å². The maximum Gasteiger partial charge on any atom is 0.481 e. The molecule has 1 aromatic heterocycles. The molecule has 2 rings (SSSR count). The summed E-state index contributed by atoms with van der Waals surface area (Å²) < 4.78 is 56.7. The van der Waals surface area contributed by atoms with Gasteiger partial charge in [-0.15, -0.1) is 0 Å². The third-order valence-corrected chi connectivity index (χ3v) is 13.6. The first kappa shape index (κ1) is 66.5. The van der Waals surface area contributed by atoms with E-state index in [9.17, 15) is 48.6 Å². The van der Waals surface area contributed by atoms with Crippen LogP contribution in [0.15, 0.2) is 126 Å². The summed E-state index contributed by atoms with van der Waals surface area (Å²) in [5.74, 6) is -1.44. The predicted octanol–water partition coefficient (Wildman–Crippen LogP) is 9.97. The van der Waals surface area contributed by atoms with Gasteiger partial charge < -0.3 is 45.1 Å². The van der Waals surface area contributed by atoms with Crippen molar-refractivity contribution in [3.05, 3.63) is 132 Å².